The molecule has 3 aromatic rings. The van der Waals surface area contributed by atoms with Crippen molar-refractivity contribution < 1.29 is 0 Å². The van der Waals surface area contributed by atoms with Crippen LogP contribution < -0.4 is 0 Å². The molecule has 0 atom stereocenters. The molecule has 0 fully saturated rings. The molecular formula is C16H16S2. The highest BCUT2D eigenvalue weighted by Gasteiger charge is 2.13. The van der Waals surface area contributed by atoms with Gasteiger partial charge in [0.2, 0.25) is 0 Å². The van der Waals surface area contributed by atoms with Gasteiger partial charge in [0, 0.05) is 5.39 Å². The standard InChI is InChI=1S/C16H16S2/c1-3-5-11-12(6-4-2)14-8-10-18-16(14)15-13(11)7-9-17-15/h3,5,7-10H,4,6H2,1-2H3/b5-3+. The molecule has 0 amide bonds. The maximum atomic E-state index is 2.29. The van der Waals surface area contributed by atoms with Gasteiger partial charge in [0.25, 0.3) is 0 Å². The fourth-order valence-corrected chi connectivity index (χ4v) is 4.63. The first-order chi connectivity index (χ1) is 8.86. The van der Waals surface area contributed by atoms with Crippen molar-refractivity contribution in [3.8, 4) is 0 Å². The molecule has 0 aliphatic rings. The number of thiophene rings is 2. The highest BCUT2D eigenvalue weighted by atomic mass is 32.1. The van der Waals surface area contributed by atoms with E-state index in [9.17, 15) is 0 Å². The maximum absolute atomic E-state index is 2.29. The third-order valence-electron chi connectivity index (χ3n) is 3.31. The molecule has 0 radical (unpaired) electrons. The molecule has 0 aliphatic carbocycles. The van der Waals surface area contributed by atoms with Gasteiger partial charge in [0.05, 0.1) is 9.40 Å². The van der Waals surface area contributed by atoms with Crippen LogP contribution in [0.25, 0.3) is 26.2 Å². The highest BCUT2D eigenvalue weighted by molar-refractivity contribution is 7.25. The number of rotatable bonds is 3. The van der Waals surface area contributed by atoms with Gasteiger partial charge >= 0.3 is 0 Å². The molecule has 2 heteroatoms. The average Bonchev–Trinajstić information content (AvgIpc) is 3.00. The Morgan fingerprint density at radius 2 is 1.72 bits per heavy atom. The van der Waals surface area contributed by atoms with E-state index in [4.69, 9.17) is 0 Å². The van der Waals surface area contributed by atoms with E-state index < -0.39 is 0 Å². The minimum Gasteiger partial charge on any atom is -0.142 e. The van der Waals surface area contributed by atoms with Crippen LogP contribution in [0.3, 0.4) is 0 Å². The normalized spacial score (nSPS) is 12.1. The summed E-state index contributed by atoms with van der Waals surface area (Å²) >= 11 is 3.74. The largest absolute Gasteiger partial charge is 0.142 e. The molecular weight excluding hydrogens is 256 g/mol. The molecule has 92 valence electrons. The zero-order chi connectivity index (χ0) is 12.5. The lowest BCUT2D eigenvalue weighted by Crippen LogP contribution is -1.90. The van der Waals surface area contributed by atoms with Crippen LogP contribution in [0, 0.1) is 0 Å². The average molecular weight is 272 g/mol. The van der Waals surface area contributed by atoms with Crippen molar-refractivity contribution in [1.29, 1.82) is 0 Å². The predicted octanol–water partition coefficient (Wildman–Crippen LogP) is 6.10. The second-order valence-electron chi connectivity index (χ2n) is 4.47. The summed E-state index contributed by atoms with van der Waals surface area (Å²) in [7, 11) is 0. The number of hydrogen-bond acceptors (Lipinski definition) is 2. The molecule has 0 N–H and O–H groups in total. The SMILES string of the molecule is C/C=C/c1c(CCC)c2ccsc2c2sccc12. The van der Waals surface area contributed by atoms with Crippen LogP contribution in [0.2, 0.25) is 0 Å². The number of allylic oxidation sites excluding steroid dienone is 1. The topological polar surface area (TPSA) is 0 Å². The minimum absolute atomic E-state index is 1.17. The Labute approximate surface area is 116 Å². The van der Waals surface area contributed by atoms with E-state index in [1.54, 1.807) is 0 Å². The van der Waals surface area contributed by atoms with E-state index in [1.165, 1.54) is 44.1 Å². The molecule has 2 heterocycles. The van der Waals surface area contributed by atoms with Gasteiger partial charge in [0.15, 0.2) is 0 Å². The highest BCUT2D eigenvalue weighted by Crippen LogP contribution is 2.40. The molecule has 0 unspecified atom stereocenters. The van der Waals surface area contributed by atoms with Gasteiger partial charge in [0.1, 0.15) is 0 Å². The Morgan fingerprint density at radius 1 is 1.06 bits per heavy atom. The van der Waals surface area contributed by atoms with E-state index in [0.717, 1.165) is 0 Å². The first-order valence-electron chi connectivity index (χ1n) is 6.38. The predicted molar refractivity (Wildman–Crippen MR) is 85.9 cm³/mol. The van der Waals surface area contributed by atoms with Gasteiger partial charge in [-0.1, -0.05) is 25.5 Å². The first-order valence-corrected chi connectivity index (χ1v) is 8.14. The van der Waals surface area contributed by atoms with Crippen LogP contribution in [0.15, 0.2) is 29.0 Å². The molecule has 0 nitrogen and oxygen atoms in total. The summed E-state index contributed by atoms with van der Waals surface area (Å²) in [5.74, 6) is 0. The van der Waals surface area contributed by atoms with Crippen molar-refractivity contribution in [1.82, 2.24) is 0 Å². The zero-order valence-electron chi connectivity index (χ0n) is 10.7. The molecule has 2 aromatic heterocycles. The van der Waals surface area contributed by atoms with Crippen LogP contribution in [0.5, 0.6) is 0 Å². The fraction of sp³-hybridized carbons (Fsp3) is 0.250. The number of fused-ring (bicyclic) bond motifs is 3. The summed E-state index contributed by atoms with van der Waals surface area (Å²) in [6.07, 6.45) is 6.80. The summed E-state index contributed by atoms with van der Waals surface area (Å²) in [4.78, 5) is 0. The van der Waals surface area contributed by atoms with Crippen molar-refractivity contribution in [3.05, 3.63) is 40.1 Å². The quantitative estimate of drug-likeness (QED) is 0.540. The van der Waals surface area contributed by atoms with Crippen molar-refractivity contribution in [2.24, 2.45) is 0 Å². The van der Waals surface area contributed by atoms with Crippen LogP contribution >= 0.6 is 22.7 Å². The van der Waals surface area contributed by atoms with Gasteiger partial charge in [-0.25, -0.2) is 0 Å². The molecule has 18 heavy (non-hydrogen) atoms. The summed E-state index contributed by atoms with van der Waals surface area (Å²) < 4.78 is 2.92. The van der Waals surface area contributed by atoms with E-state index >= 15 is 0 Å². The van der Waals surface area contributed by atoms with E-state index in [0.29, 0.717) is 0 Å². The Hall–Kier alpha value is -1.12. The second kappa shape index (κ2) is 4.87. The van der Waals surface area contributed by atoms with Crippen molar-refractivity contribution >= 4 is 48.9 Å². The number of hydrogen-bond donors (Lipinski definition) is 0. The summed E-state index contributed by atoms with van der Waals surface area (Å²) in [6.45, 7) is 4.36. The third-order valence-corrected chi connectivity index (χ3v) is 5.30. The van der Waals surface area contributed by atoms with Crippen LogP contribution in [-0.2, 0) is 6.42 Å². The van der Waals surface area contributed by atoms with E-state index in [-0.39, 0.29) is 0 Å². The monoisotopic (exact) mass is 272 g/mol. The van der Waals surface area contributed by atoms with Gasteiger partial charge in [-0.2, -0.15) is 0 Å². The Morgan fingerprint density at radius 3 is 2.39 bits per heavy atom. The van der Waals surface area contributed by atoms with Gasteiger partial charge in [-0.3, -0.25) is 0 Å². The molecule has 0 spiro atoms. The smallest absolute Gasteiger partial charge is 0.0527 e. The Balaban J connectivity index is 2.49. The van der Waals surface area contributed by atoms with Gasteiger partial charge in [-0.15, -0.1) is 22.7 Å². The Kier molecular flexibility index (Phi) is 3.23. The van der Waals surface area contributed by atoms with Crippen LogP contribution in [0.1, 0.15) is 31.4 Å². The molecule has 1 aromatic carbocycles. The molecule has 0 saturated carbocycles. The van der Waals surface area contributed by atoms with E-state index in [2.05, 4.69) is 48.9 Å². The molecule has 0 saturated heterocycles. The Bertz CT molecular complexity index is 713. The van der Waals surface area contributed by atoms with Crippen molar-refractivity contribution in [2.75, 3.05) is 0 Å². The van der Waals surface area contributed by atoms with Crippen molar-refractivity contribution in [2.45, 2.75) is 26.7 Å². The number of benzene rings is 1. The second-order valence-corrected chi connectivity index (χ2v) is 6.30. The van der Waals surface area contributed by atoms with Crippen LogP contribution in [-0.4, -0.2) is 0 Å². The van der Waals surface area contributed by atoms with Gasteiger partial charge in [-0.05, 0) is 52.8 Å². The molecule has 3 rings (SSSR count). The van der Waals surface area contributed by atoms with Crippen LogP contribution in [0.4, 0.5) is 0 Å². The molecule has 0 aliphatic heterocycles. The number of aryl methyl sites for hydroxylation is 1. The lowest BCUT2D eigenvalue weighted by Gasteiger charge is -2.09. The first kappa shape index (κ1) is 11.9. The van der Waals surface area contributed by atoms with Crippen molar-refractivity contribution in [3.63, 3.8) is 0 Å². The summed E-state index contributed by atoms with van der Waals surface area (Å²) in [5.41, 5.74) is 2.96. The lowest BCUT2D eigenvalue weighted by atomic mass is 9.96. The third kappa shape index (κ3) is 1.72. The summed E-state index contributed by atoms with van der Waals surface area (Å²) in [6, 6.07) is 4.56. The summed E-state index contributed by atoms with van der Waals surface area (Å²) in [5, 5.41) is 7.33. The van der Waals surface area contributed by atoms with Gasteiger partial charge < -0.3 is 0 Å². The minimum atomic E-state index is 1.17. The lowest BCUT2D eigenvalue weighted by molar-refractivity contribution is 0.929. The zero-order valence-corrected chi connectivity index (χ0v) is 12.3. The maximum Gasteiger partial charge on any atom is 0.0527 e. The molecule has 0 bridgehead atoms. The van der Waals surface area contributed by atoms with E-state index in [1.807, 2.05) is 22.7 Å². The fourth-order valence-electron chi connectivity index (χ4n) is 2.60.